The first-order valence-corrected chi connectivity index (χ1v) is 13.3. The molecule has 0 radical (unpaired) electrons. The summed E-state index contributed by atoms with van der Waals surface area (Å²) in [6, 6.07) is 3.39. The van der Waals surface area contributed by atoms with E-state index in [9.17, 15) is 19.5 Å². The lowest BCUT2D eigenvalue weighted by Gasteiger charge is -2.64. The Hall–Kier alpha value is -2.19. The minimum absolute atomic E-state index is 0.105. The Bertz CT molecular complexity index is 1120. The summed E-state index contributed by atoms with van der Waals surface area (Å²) in [7, 11) is 0. The summed E-state index contributed by atoms with van der Waals surface area (Å²) >= 11 is 0. The van der Waals surface area contributed by atoms with Crippen molar-refractivity contribution >= 4 is 11.9 Å². The molecule has 1 saturated heterocycles. The molecule has 1 N–H and O–H groups in total. The lowest BCUT2D eigenvalue weighted by molar-refractivity contribution is -0.248. The molecule has 8 heteroatoms. The third kappa shape index (κ3) is 3.16. The first kappa shape index (κ1) is 24.2. The molecule has 5 aliphatic rings. The predicted octanol–water partition coefficient (Wildman–Crippen LogP) is 3.49. The van der Waals surface area contributed by atoms with Crippen LogP contribution in [0.25, 0.3) is 0 Å². The molecule has 4 saturated carbocycles. The third-order valence-corrected chi connectivity index (χ3v) is 10.9. The van der Waals surface area contributed by atoms with Gasteiger partial charge in [0.2, 0.25) is 0 Å². The molecule has 5 fully saturated rings. The van der Waals surface area contributed by atoms with E-state index in [4.69, 9.17) is 18.6 Å². The fourth-order valence-corrected chi connectivity index (χ4v) is 9.38. The van der Waals surface area contributed by atoms with Crippen LogP contribution in [0.15, 0.2) is 27.6 Å². The first-order valence-electron chi connectivity index (χ1n) is 13.3. The van der Waals surface area contributed by atoms with Crippen LogP contribution < -0.4 is 5.63 Å². The average molecular weight is 501 g/mol. The van der Waals surface area contributed by atoms with E-state index in [-0.39, 0.29) is 65.1 Å². The van der Waals surface area contributed by atoms with Crippen LogP contribution in [0.2, 0.25) is 0 Å². The van der Waals surface area contributed by atoms with Crippen LogP contribution in [0.3, 0.4) is 0 Å². The highest BCUT2D eigenvalue weighted by Gasteiger charge is 2.82. The maximum absolute atomic E-state index is 12.2. The molecule has 1 aromatic rings. The van der Waals surface area contributed by atoms with E-state index >= 15 is 0 Å². The third-order valence-electron chi connectivity index (χ3n) is 10.9. The monoisotopic (exact) mass is 500 g/mol. The number of epoxide rings is 1. The lowest BCUT2D eigenvalue weighted by Crippen LogP contribution is -2.67. The highest BCUT2D eigenvalue weighted by Crippen LogP contribution is 2.78. The van der Waals surface area contributed by atoms with Crippen molar-refractivity contribution in [2.75, 3.05) is 6.61 Å². The summed E-state index contributed by atoms with van der Waals surface area (Å²) in [5, 5.41) is 12.2. The molecule has 0 amide bonds. The molecule has 1 spiro atoms. The maximum Gasteiger partial charge on any atom is 0.335 e. The van der Waals surface area contributed by atoms with E-state index in [1.54, 1.807) is 6.26 Å². The second-order valence-electron chi connectivity index (χ2n) is 12.2. The Balaban J connectivity index is 1.35. The van der Waals surface area contributed by atoms with E-state index in [2.05, 4.69) is 6.92 Å². The van der Waals surface area contributed by atoms with Gasteiger partial charge in [0, 0.05) is 37.2 Å². The van der Waals surface area contributed by atoms with Gasteiger partial charge in [-0.2, -0.15) is 0 Å². The molecule has 9 atom stereocenters. The Kier molecular flexibility index (Phi) is 5.31. The van der Waals surface area contributed by atoms with Gasteiger partial charge in [-0.3, -0.25) is 9.59 Å². The highest BCUT2D eigenvalue weighted by atomic mass is 16.6. The molecule has 0 unspecified atom stereocenters. The van der Waals surface area contributed by atoms with Crippen LogP contribution in [-0.2, 0) is 23.8 Å². The molecule has 0 bridgehead atoms. The van der Waals surface area contributed by atoms with Crippen LogP contribution >= 0.6 is 0 Å². The zero-order chi connectivity index (χ0) is 25.5. The Labute approximate surface area is 210 Å². The van der Waals surface area contributed by atoms with Gasteiger partial charge in [0.15, 0.2) is 0 Å². The number of carbonyl (C=O) groups is 2. The van der Waals surface area contributed by atoms with Gasteiger partial charge in [-0.05, 0) is 74.3 Å². The molecule has 196 valence electrons. The maximum atomic E-state index is 12.2. The molecular weight excluding hydrogens is 464 g/mol. The molecule has 6 rings (SSSR count). The average Bonchev–Trinajstić information content (AvgIpc) is 3.47. The number of rotatable bonds is 4. The molecule has 8 nitrogen and oxygen atoms in total. The topological polar surface area (TPSA) is 116 Å². The van der Waals surface area contributed by atoms with Crippen LogP contribution in [0.5, 0.6) is 0 Å². The first-order chi connectivity index (χ1) is 17.0. The molecule has 0 aromatic carbocycles. The van der Waals surface area contributed by atoms with Gasteiger partial charge in [0.25, 0.3) is 0 Å². The van der Waals surface area contributed by atoms with E-state index in [1.807, 2.05) is 6.07 Å². The van der Waals surface area contributed by atoms with Gasteiger partial charge in [-0.15, -0.1) is 0 Å². The standard InChI is InChI=1S/C28H36O8/c1-16(29)34-15-26-10-6-19(35-17(2)30)13-27(26,32)11-8-21-20(26)7-9-25(3)22(12-23-28(21,25)36-23)18-4-5-24(31)33-14-18/h4-5,14,19-23,32H,6-13,15H2,1-3H3/t19-,20-,21+,22-,23+,25+,26+,27+,28+/m0/s1. The molecule has 2 heterocycles. The quantitative estimate of drug-likeness (QED) is 0.493. The molecule has 36 heavy (non-hydrogen) atoms. The largest absolute Gasteiger partial charge is 0.465 e. The zero-order valence-corrected chi connectivity index (χ0v) is 21.3. The summed E-state index contributed by atoms with van der Waals surface area (Å²) in [5.74, 6) is -0.0594. The second-order valence-corrected chi connectivity index (χ2v) is 12.2. The van der Waals surface area contributed by atoms with Gasteiger partial charge in [0.1, 0.15) is 11.7 Å². The SMILES string of the molecule is CC(=O)OC[C@@]12CC[C@H](OC(C)=O)C[C@]1(O)CC[C@@H]1[C@@H]2CC[C@]2(C)[C@H](c3ccc(=O)oc3)C[C@H]3O[C@]132. The van der Waals surface area contributed by atoms with Crippen molar-refractivity contribution in [2.24, 2.45) is 22.7 Å². The van der Waals surface area contributed by atoms with E-state index < -0.39 is 11.0 Å². The second kappa shape index (κ2) is 7.90. The van der Waals surface area contributed by atoms with Crippen molar-refractivity contribution in [3.8, 4) is 0 Å². The van der Waals surface area contributed by atoms with Gasteiger partial charge in [-0.25, -0.2) is 4.79 Å². The smallest absolute Gasteiger partial charge is 0.335 e. The summed E-state index contributed by atoms with van der Waals surface area (Å²) in [4.78, 5) is 35.2. The number of esters is 2. The summed E-state index contributed by atoms with van der Waals surface area (Å²) in [6.45, 7) is 5.32. The van der Waals surface area contributed by atoms with Crippen molar-refractivity contribution in [2.45, 2.75) is 101 Å². The molecule has 1 aromatic heterocycles. The van der Waals surface area contributed by atoms with Crippen molar-refractivity contribution < 1.29 is 33.3 Å². The van der Waals surface area contributed by atoms with Crippen LogP contribution in [0, 0.1) is 22.7 Å². The van der Waals surface area contributed by atoms with Crippen molar-refractivity contribution in [3.05, 3.63) is 34.4 Å². The van der Waals surface area contributed by atoms with Crippen molar-refractivity contribution in [3.63, 3.8) is 0 Å². The number of carbonyl (C=O) groups excluding carboxylic acids is 2. The van der Waals surface area contributed by atoms with Gasteiger partial charge < -0.3 is 23.7 Å². The van der Waals surface area contributed by atoms with E-state index in [0.717, 1.165) is 31.2 Å². The van der Waals surface area contributed by atoms with E-state index in [0.29, 0.717) is 25.7 Å². The van der Waals surface area contributed by atoms with E-state index in [1.165, 1.54) is 19.9 Å². The molecule has 4 aliphatic carbocycles. The number of fused-ring (bicyclic) bond motifs is 3. The van der Waals surface area contributed by atoms with Crippen molar-refractivity contribution in [1.82, 2.24) is 0 Å². The normalized spacial score (nSPS) is 46.5. The van der Waals surface area contributed by atoms with Gasteiger partial charge >= 0.3 is 17.6 Å². The minimum Gasteiger partial charge on any atom is -0.465 e. The molecular formula is C28H36O8. The van der Waals surface area contributed by atoms with Crippen LogP contribution in [-0.4, -0.2) is 47.1 Å². The highest BCUT2D eigenvalue weighted by molar-refractivity contribution is 5.66. The zero-order valence-electron chi connectivity index (χ0n) is 21.3. The molecule has 1 aliphatic heterocycles. The fraction of sp³-hybridized carbons (Fsp3) is 0.750. The Morgan fingerprint density at radius 2 is 1.86 bits per heavy atom. The van der Waals surface area contributed by atoms with Crippen LogP contribution in [0.1, 0.15) is 83.6 Å². The minimum atomic E-state index is -1.07. The Morgan fingerprint density at radius 1 is 1.08 bits per heavy atom. The predicted molar refractivity (Wildman–Crippen MR) is 127 cm³/mol. The summed E-state index contributed by atoms with van der Waals surface area (Å²) in [6.07, 6.45) is 7.17. The van der Waals surface area contributed by atoms with Crippen molar-refractivity contribution in [1.29, 1.82) is 0 Å². The summed E-state index contributed by atoms with van der Waals surface area (Å²) in [5.41, 5.74) is -1.35. The Morgan fingerprint density at radius 3 is 2.56 bits per heavy atom. The lowest BCUT2D eigenvalue weighted by atomic mass is 9.42. The number of aliphatic hydroxyl groups is 1. The van der Waals surface area contributed by atoms with Gasteiger partial charge in [-0.1, -0.05) is 6.92 Å². The fourth-order valence-electron chi connectivity index (χ4n) is 9.38. The summed E-state index contributed by atoms with van der Waals surface area (Å²) < 4.78 is 23.0. The number of hydrogen-bond acceptors (Lipinski definition) is 8. The van der Waals surface area contributed by atoms with Crippen LogP contribution in [0.4, 0.5) is 0 Å². The number of ether oxygens (including phenoxy) is 3. The number of hydrogen-bond donors (Lipinski definition) is 1. The van der Waals surface area contributed by atoms with Gasteiger partial charge in [0.05, 0.1) is 24.6 Å².